The Kier molecular flexibility index (Phi) is 5.09. The van der Waals surface area contributed by atoms with Crippen molar-refractivity contribution in [1.29, 1.82) is 5.26 Å². The molecule has 0 N–H and O–H groups in total. The molecule has 0 unspecified atom stereocenters. The fourth-order valence-electron chi connectivity index (χ4n) is 0.587. The molecule has 0 bridgehead atoms. The van der Waals surface area contributed by atoms with E-state index in [0.29, 0.717) is 0 Å². The summed E-state index contributed by atoms with van der Waals surface area (Å²) in [5.74, 6) is 0. The van der Waals surface area contributed by atoms with Crippen LogP contribution in [0.2, 0.25) is 0 Å². The molecular weight excluding hydrogens is 122 g/mol. The van der Waals surface area contributed by atoms with Crippen molar-refractivity contribution in [3.8, 4) is 6.07 Å². The van der Waals surface area contributed by atoms with Crippen molar-refractivity contribution < 1.29 is 0 Å². The lowest BCUT2D eigenvalue weighted by molar-refractivity contribution is 1.15. The van der Waals surface area contributed by atoms with Gasteiger partial charge >= 0.3 is 0 Å². The molecule has 52 valence electrons. The molecule has 0 aliphatic carbocycles. The van der Waals surface area contributed by atoms with E-state index in [1.807, 2.05) is 19.1 Å². The van der Waals surface area contributed by atoms with E-state index in [2.05, 4.69) is 6.58 Å². The van der Waals surface area contributed by atoms with Crippen molar-refractivity contribution in [3.05, 3.63) is 36.5 Å². The first-order valence-electron chi connectivity index (χ1n) is 3.23. The standard InChI is InChI=1S/C9H11N/c1-3-6-9(4-2)7-5-8-10/h3,5-7H,1,4H2,2H3. The second-order valence-corrected chi connectivity index (χ2v) is 1.79. The molecule has 0 fully saturated rings. The van der Waals surface area contributed by atoms with Crippen LogP contribution in [0, 0.1) is 11.3 Å². The molecule has 0 heterocycles. The van der Waals surface area contributed by atoms with E-state index in [9.17, 15) is 0 Å². The van der Waals surface area contributed by atoms with Crippen LogP contribution in [0.1, 0.15) is 13.3 Å². The third-order valence-corrected chi connectivity index (χ3v) is 1.11. The highest BCUT2D eigenvalue weighted by atomic mass is 14.2. The lowest BCUT2D eigenvalue weighted by Gasteiger charge is -1.90. The Morgan fingerprint density at radius 3 is 2.80 bits per heavy atom. The molecule has 0 aliphatic heterocycles. The van der Waals surface area contributed by atoms with Crippen LogP contribution in [0.4, 0.5) is 0 Å². The number of nitriles is 1. The summed E-state index contributed by atoms with van der Waals surface area (Å²) in [7, 11) is 0. The number of hydrogen-bond acceptors (Lipinski definition) is 1. The van der Waals surface area contributed by atoms with E-state index in [4.69, 9.17) is 5.26 Å². The highest BCUT2D eigenvalue weighted by molar-refractivity contribution is 5.25. The molecule has 0 radical (unpaired) electrons. The van der Waals surface area contributed by atoms with Gasteiger partial charge in [-0.05, 0) is 18.1 Å². The van der Waals surface area contributed by atoms with E-state index in [1.165, 1.54) is 6.08 Å². The summed E-state index contributed by atoms with van der Waals surface area (Å²) in [5, 5.41) is 8.19. The minimum absolute atomic E-state index is 0.935. The van der Waals surface area contributed by atoms with E-state index in [1.54, 1.807) is 12.2 Å². The van der Waals surface area contributed by atoms with Gasteiger partial charge in [0.2, 0.25) is 0 Å². The Morgan fingerprint density at radius 1 is 1.70 bits per heavy atom. The summed E-state index contributed by atoms with van der Waals surface area (Å²) >= 11 is 0. The lowest BCUT2D eigenvalue weighted by atomic mass is 10.2. The van der Waals surface area contributed by atoms with Gasteiger partial charge in [0.1, 0.15) is 0 Å². The van der Waals surface area contributed by atoms with Crippen molar-refractivity contribution in [3.63, 3.8) is 0 Å². The van der Waals surface area contributed by atoms with Gasteiger partial charge in [0, 0.05) is 6.08 Å². The second kappa shape index (κ2) is 5.84. The van der Waals surface area contributed by atoms with Gasteiger partial charge in [-0.2, -0.15) is 5.26 Å². The smallest absolute Gasteiger partial charge is 0.0912 e. The van der Waals surface area contributed by atoms with Crippen molar-refractivity contribution in [2.75, 3.05) is 0 Å². The van der Waals surface area contributed by atoms with Crippen LogP contribution in [-0.4, -0.2) is 0 Å². The van der Waals surface area contributed by atoms with E-state index in [0.717, 1.165) is 12.0 Å². The normalized spacial score (nSPS) is 11.4. The van der Waals surface area contributed by atoms with Gasteiger partial charge in [-0.1, -0.05) is 25.7 Å². The van der Waals surface area contributed by atoms with Crippen molar-refractivity contribution in [2.45, 2.75) is 13.3 Å². The maximum Gasteiger partial charge on any atom is 0.0912 e. The first-order valence-corrected chi connectivity index (χ1v) is 3.23. The SMILES string of the molecule is C=CC=C(C=CC#N)CC. The number of allylic oxidation sites excluding steroid dienone is 5. The maximum atomic E-state index is 8.19. The molecule has 0 spiro atoms. The Labute approximate surface area is 62.0 Å². The molecule has 1 nitrogen and oxygen atoms in total. The molecule has 0 aromatic heterocycles. The first kappa shape index (κ1) is 8.71. The average Bonchev–Trinajstić information content (AvgIpc) is 1.98. The quantitative estimate of drug-likeness (QED) is 0.429. The highest BCUT2D eigenvalue weighted by Crippen LogP contribution is 2.01. The van der Waals surface area contributed by atoms with E-state index >= 15 is 0 Å². The number of nitrogens with zero attached hydrogens (tertiary/aromatic N) is 1. The minimum atomic E-state index is 0.935. The van der Waals surface area contributed by atoms with Crippen molar-refractivity contribution >= 4 is 0 Å². The fraction of sp³-hybridized carbons (Fsp3) is 0.222. The summed E-state index contributed by atoms with van der Waals surface area (Å²) in [4.78, 5) is 0. The van der Waals surface area contributed by atoms with Crippen LogP contribution in [0.15, 0.2) is 36.5 Å². The predicted molar refractivity (Wildman–Crippen MR) is 43.3 cm³/mol. The molecule has 0 amide bonds. The zero-order valence-electron chi connectivity index (χ0n) is 6.17. The van der Waals surface area contributed by atoms with Gasteiger partial charge < -0.3 is 0 Å². The van der Waals surface area contributed by atoms with Crippen LogP contribution in [0.25, 0.3) is 0 Å². The predicted octanol–water partition coefficient (Wildman–Crippen LogP) is 2.59. The van der Waals surface area contributed by atoms with Crippen molar-refractivity contribution in [2.24, 2.45) is 0 Å². The maximum absolute atomic E-state index is 8.19. The van der Waals surface area contributed by atoms with Gasteiger partial charge in [0.25, 0.3) is 0 Å². The minimum Gasteiger partial charge on any atom is -0.193 e. The monoisotopic (exact) mass is 133 g/mol. The molecule has 10 heavy (non-hydrogen) atoms. The summed E-state index contributed by atoms with van der Waals surface area (Å²) in [6, 6.07) is 1.94. The summed E-state index contributed by atoms with van der Waals surface area (Å²) in [6.45, 7) is 5.60. The summed E-state index contributed by atoms with van der Waals surface area (Å²) < 4.78 is 0. The van der Waals surface area contributed by atoms with E-state index in [-0.39, 0.29) is 0 Å². The first-order chi connectivity index (χ1) is 4.85. The number of rotatable bonds is 3. The zero-order valence-corrected chi connectivity index (χ0v) is 6.17. The molecule has 0 atom stereocenters. The van der Waals surface area contributed by atoms with Gasteiger partial charge in [0.15, 0.2) is 0 Å². The van der Waals surface area contributed by atoms with Crippen LogP contribution in [0.5, 0.6) is 0 Å². The molecule has 0 aromatic rings. The van der Waals surface area contributed by atoms with Gasteiger partial charge in [0.05, 0.1) is 6.07 Å². The molecule has 0 saturated carbocycles. The Bertz CT molecular complexity index is 191. The van der Waals surface area contributed by atoms with Crippen LogP contribution >= 0.6 is 0 Å². The van der Waals surface area contributed by atoms with E-state index < -0.39 is 0 Å². The third-order valence-electron chi connectivity index (χ3n) is 1.11. The zero-order chi connectivity index (χ0) is 7.82. The highest BCUT2D eigenvalue weighted by Gasteiger charge is 1.82. The van der Waals surface area contributed by atoms with Gasteiger partial charge in [-0.3, -0.25) is 0 Å². The largest absolute Gasteiger partial charge is 0.193 e. The topological polar surface area (TPSA) is 23.8 Å². The summed E-state index contributed by atoms with van der Waals surface area (Å²) in [6.07, 6.45) is 7.82. The van der Waals surface area contributed by atoms with Gasteiger partial charge in [-0.15, -0.1) is 0 Å². The lowest BCUT2D eigenvalue weighted by Crippen LogP contribution is -1.71. The molecule has 0 rings (SSSR count). The molecular formula is C9H11N. The fourth-order valence-corrected chi connectivity index (χ4v) is 0.587. The average molecular weight is 133 g/mol. The molecule has 0 aliphatic rings. The second-order valence-electron chi connectivity index (χ2n) is 1.79. The Morgan fingerprint density at radius 2 is 2.40 bits per heavy atom. The van der Waals surface area contributed by atoms with Crippen LogP contribution < -0.4 is 0 Å². The summed E-state index contributed by atoms with van der Waals surface area (Å²) in [5.41, 5.74) is 1.12. The number of hydrogen-bond donors (Lipinski definition) is 0. The molecule has 0 aromatic carbocycles. The third kappa shape index (κ3) is 3.68. The Hall–Kier alpha value is -1.29. The van der Waals surface area contributed by atoms with Gasteiger partial charge in [-0.25, -0.2) is 0 Å². The Balaban J connectivity index is 4.11. The van der Waals surface area contributed by atoms with Crippen LogP contribution in [-0.2, 0) is 0 Å². The molecule has 1 heteroatoms. The van der Waals surface area contributed by atoms with Crippen LogP contribution in [0.3, 0.4) is 0 Å². The molecule has 0 saturated heterocycles. The van der Waals surface area contributed by atoms with Crippen molar-refractivity contribution in [1.82, 2.24) is 0 Å².